The molecule has 1 rings (SSSR count). The molecule has 0 fully saturated rings. The molecule has 2 unspecified atom stereocenters. The predicted octanol–water partition coefficient (Wildman–Crippen LogP) is 2.21. The Morgan fingerprint density at radius 1 is 1.56 bits per heavy atom. The summed E-state index contributed by atoms with van der Waals surface area (Å²) in [6, 6.07) is 4.07. The summed E-state index contributed by atoms with van der Waals surface area (Å²) in [4.78, 5) is 11.2. The summed E-state index contributed by atoms with van der Waals surface area (Å²) in [7, 11) is 3.05. The molecule has 0 saturated heterocycles. The van der Waals surface area contributed by atoms with Gasteiger partial charge in [0.15, 0.2) is 11.6 Å². The van der Waals surface area contributed by atoms with Crippen LogP contribution in [0, 0.1) is 11.7 Å². The Kier molecular flexibility index (Phi) is 5.09. The van der Waals surface area contributed by atoms with Gasteiger partial charge < -0.3 is 15.2 Å². The van der Waals surface area contributed by atoms with E-state index in [0.29, 0.717) is 12.0 Å². The normalized spacial score (nSPS) is 14.0. The molecule has 2 atom stereocenters. The highest BCUT2D eigenvalue weighted by Gasteiger charge is 2.27. The Morgan fingerprint density at radius 3 is 2.61 bits per heavy atom. The Bertz CT molecular complexity index is 423. The van der Waals surface area contributed by atoms with Crippen LogP contribution in [0.15, 0.2) is 18.2 Å². The van der Waals surface area contributed by atoms with Gasteiger partial charge in [-0.25, -0.2) is 4.39 Å². The second kappa shape index (κ2) is 6.35. The van der Waals surface area contributed by atoms with Gasteiger partial charge in [-0.2, -0.15) is 0 Å². The molecule has 4 nitrogen and oxygen atoms in total. The van der Waals surface area contributed by atoms with E-state index in [9.17, 15) is 9.18 Å². The molecule has 0 aliphatic rings. The quantitative estimate of drug-likeness (QED) is 0.818. The van der Waals surface area contributed by atoms with Crippen LogP contribution in [0.2, 0.25) is 0 Å². The fourth-order valence-electron chi connectivity index (χ4n) is 2.03. The van der Waals surface area contributed by atoms with E-state index < -0.39 is 23.7 Å². The predicted molar refractivity (Wildman–Crippen MR) is 66.2 cm³/mol. The third-order valence-electron chi connectivity index (χ3n) is 3.01. The first kappa shape index (κ1) is 14.4. The molecule has 0 aromatic heterocycles. The number of carboxylic acid groups (broad SMARTS) is 1. The molecular weight excluding hydrogens is 237 g/mol. The van der Waals surface area contributed by atoms with E-state index in [1.54, 1.807) is 20.0 Å². The van der Waals surface area contributed by atoms with Crippen LogP contribution < -0.4 is 10.1 Å². The third-order valence-corrected chi connectivity index (χ3v) is 3.01. The van der Waals surface area contributed by atoms with Gasteiger partial charge in [0, 0.05) is 6.04 Å². The van der Waals surface area contributed by atoms with Crippen molar-refractivity contribution in [2.24, 2.45) is 5.92 Å². The van der Waals surface area contributed by atoms with Gasteiger partial charge in [-0.15, -0.1) is 0 Å². The number of hydrogen-bond donors (Lipinski definition) is 2. The van der Waals surface area contributed by atoms with Crippen LogP contribution in [-0.4, -0.2) is 25.2 Å². The number of hydrogen-bond acceptors (Lipinski definition) is 3. The largest absolute Gasteiger partial charge is 0.494 e. The summed E-state index contributed by atoms with van der Waals surface area (Å²) in [6.07, 6.45) is 0.467. The lowest BCUT2D eigenvalue weighted by atomic mass is 9.91. The maximum Gasteiger partial charge on any atom is 0.308 e. The first-order chi connectivity index (χ1) is 8.54. The van der Waals surface area contributed by atoms with Gasteiger partial charge in [-0.1, -0.05) is 13.0 Å². The highest BCUT2D eigenvalue weighted by molar-refractivity contribution is 5.71. The Morgan fingerprint density at radius 2 is 2.22 bits per heavy atom. The Hall–Kier alpha value is -1.62. The van der Waals surface area contributed by atoms with Crippen LogP contribution in [0.3, 0.4) is 0 Å². The summed E-state index contributed by atoms with van der Waals surface area (Å²) in [5.41, 5.74) is 0.602. The van der Waals surface area contributed by atoms with Gasteiger partial charge in [0.1, 0.15) is 0 Å². The SMILES string of the molecule is CCC(C(=O)O)C(NC)c1ccc(OC)c(F)c1. The maximum atomic E-state index is 13.6. The minimum absolute atomic E-state index is 0.150. The lowest BCUT2D eigenvalue weighted by molar-refractivity contribution is -0.143. The smallest absolute Gasteiger partial charge is 0.308 e. The average Bonchev–Trinajstić information content (AvgIpc) is 2.35. The fraction of sp³-hybridized carbons (Fsp3) is 0.462. The van der Waals surface area contributed by atoms with Crippen LogP contribution >= 0.6 is 0 Å². The molecule has 5 heteroatoms. The molecule has 0 bridgehead atoms. The Labute approximate surface area is 106 Å². The first-order valence-electron chi connectivity index (χ1n) is 5.78. The van der Waals surface area contributed by atoms with Crippen molar-refractivity contribution in [3.63, 3.8) is 0 Å². The molecule has 0 aliphatic heterocycles. The first-order valence-corrected chi connectivity index (χ1v) is 5.78. The molecule has 1 aromatic carbocycles. The van der Waals surface area contributed by atoms with E-state index in [-0.39, 0.29) is 5.75 Å². The van der Waals surface area contributed by atoms with Gasteiger partial charge in [0.2, 0.25) is 0 Å². The van der Waals surface area contributed by atoms with Crippen molar-refractivity contribution in [1.29, 1.82) is 0 Å². The van der Waals surface area contributed by atoms with Crippen molar-refractivity contribution in [3.05, 3.63) is 29.6 Å². The number of methoxy groups -OCH3 is 1. The van der Waals surface area contributed by atoms with Crippen molar-refractivity contribution in [2.45, 2.75) is 19.4 Å². The highest BCUT2D eigenvalue weighted by Crippen LogP contribution is 2.28. The van der Waals surface area contributed by atoms with E-state index in [1.165, 1.54) is 19.2 Å². The lowest BCUT2D eigenvalue weighted by Crippen LogP contribution is -2.30. The van der Waals surface area contributed by atoms with Crippen molar-refractivity contribution in [3.8, 4) is 5.75 Å². The van der Waals surface area contributed by atoms with Crippen LogP contribution in [0.1, 0.15) is 24.9 Å². The number of carboxylic acids is 1. The minimum Gasteiger partial charge on any atom is -0.494 e. The molecule has 1 aromatic rings. The zero-order valence-electron chi connectivity index (χ0n) is 10.7. The van der Waals surface area contributed by atoms with Crippen LogP contribution in [0.5, 0.6) is 5.75 Å². The van der Waals surface area contributed by atoms with Crippen LogP contribution in [0.4, 0.5) is 4.39 Å². The van der Waals surface area contributed by atoms with E-state index in [4.69, 9.17) is 9.84 Å². The summed E-state index contributed by atoms with van der Waals surface area (Å²) in [6.45, 7) is 1.79. The number of halogens is 1. The second-order valence-corrected chi connectivity index (χ2v) is 4.01. The molecule has 0 amide bonds. The minimum atomic E-state index is -0.895. The standard InChI is InChI=1S/C13H18FNO3/c1-4-9(13(16)17)12(15-2)8-5-6-11(18-3)10(14)7-8/h5-7,9,12,15H,4H2,1-3H3,(H,16,17). The zero-order chi connectivity index (χ0) is 13.7. The van der Waals surface area contributed by atoms with Gasteiger partial charge in [0.25, 0.3) is 0 Å². The van der Waals surface area contributed by atoms with Crippen molar-refractivity contribution in [2.75, 3.05) is 14.2 Å². The molecule has 2 N–H and O–H groups in total. The van der Waals surface area contributed by atoms with Gasteiger partial charge in [0.05, 0.1) is 13.0 Å². The molecule has 0 heterocycles. The number of ether oxygens (including phenoxy) is 1. The lowest BCUT2D eigenvalue weighted by Gasteiger charge is -2.23. The molecule has 0 radical (unpaired) electrons. The Balaban J connectivity index is 3.08. The van der Waals surface area contributed by atoms with Gasteiger partial charge >= 0.3 is 5.97 Å². The summed E-state index contributed by atoms with van der Waals surface area (Å²) >= 11 is 0. The molecule has 0 saturated carbocycles. The summed E-state index contributed by atoms with van der Waals surface area (Å²) in [5.74, 6) is -1.83. The molecule has 0 spiro atoms. The maximum absolute atomic E-state index is 13.6. The average molecular weight is 255 g/mol. The van der Waals surface area contributed by atoms with Crippen LogP contribution in [0.25, 0.3) is 0 Å². The highest BCUT2D eigenvalue weighted by atomic mass is 19.1. The third kappa shape index (κ3) is 2.98. The number of nitrogens with one attached hydrogen (secondary N) is 1. The van der Waals surface area contributed by atoms with Crippen molar-refractivity contribution < 1.29 is 19.0 Å². The number of rotatable bonds is 6. The molecular formula is C13H18FNO3. The zero-order valence-corrected chi connectivity index (χ0v) is 10.7. The van der Waals surface area contributed by atoms with Gasteiger partial charge in [-0.3, -0.25) is 4.79 Å². The molecule has 18 heavy (non-hydrogen) atoms. The number of aliphatic carboxylic acids is 1. The van der Waals surface area contributed by atoms with Gasteiger partial charge in [-0.05, 0) is 31.2 Å². The van der Waals surface area contributed by atoms with E-state index in [1.807, 2.05) is 0 Å². The van der Waals surface area contributed by atoms with E-state index in [2.05, 4.69) is 5.32 Å². The van der Waals surface area contributed by atoms with Crippen molar-refractivity contribution in [1.82, 2.24) is 5.32 Å². The molecule has 0 aliphatic carbocycles. The number of benzene rings is 1. The molecule has 100 valence electrons. The monoisotopic (exact) mass is 255 g/mol. The second-order valence-electron chi connectivity index (χ2n) is 4.01. The van der Waals surface area contributed by atoms with Crippen molar-refractivity contribution >= 4 is 5.97 Å². The number of carbonyl (C=O) groups is 1. The van der Waals surface area contributed by atoms with Crippen LogP contribution in [-0.2, 0) is 4.79 Å². The summed E-state index contributed by atoms with van der Waals surface area (Å²) in [5, 5.41) is 12.1. The van der Waals surface area contributed by atoms with E-state index in [0.717, 1.165) is 0 Å². The topological polar surface area (TPSA) is 58.6 Å². The van der Waals surface area contributed by atoms with E-state index >= 15 is 0 Å². The fourth-order valence-corrected chi connectivity index (χ4v) is 2.03. The summed E-state index contributed by atoms with van der Waals surface area (Å²) < 4.78 is 18.5.